The molecule has 6 nitrogen and oxygen atoms in total. The maximum Gasteiger partial charge on any atom is 0.278 e. The minimum Gasteiger partial charge on any atom is -0.381 e. The van der Waals surface area contributed by atoms with Crippen LogP contribution in [0.2, 0.25) is 0 Å². The smallest absolute Gasteiger partial charge is 0.278 e. The Hall–Kier alpha value is -2.21. The first-order valence-corrected chi connectivity index (χ1v) is 7.16. The SMILES string of the molecule is Cc1cc2c(NC3CCCNC3)ccc([N+](=O)[O-])c2cn1. The summed E-state index contributed by atoms with van der Waals surface area (Å²) in [5.74, 6) is 0. The number of pyridine rings is 1. The third-order valence-electron chi connectivity index (χ3n) is 3.87. The van der Waals surface area contributed by atoms with Crippen LogP contribution in [0.25, 0.3) is 10.8 Å². The third kappa shape index (κ3) is 2.80. The first-order valence-electron chi connectivity index (χ1n) is 7.16. The molecule has 1 fully saturated rings. The van der Waals surface area contributed by atoms with Gasteiger partial charge in [0.15, 0.2) is 0 Å². The van der Waals surface area contributed by atoms with E-state index < -0.39 is 0 Å². The lowest BCUT2D eigenvalue weighted by atomic mass is 10.0. The Balaban J connectivity index is 2.03. The molecule has 2 N–H and O–H groups in total. The molecule has 0 spiro atoms. The second kappa shape index (κ2) is 5.65. The molecule has 6 heteroatoms. The lowest BCUT2D eigenvalue weighted by molar-refractivity contribution is -0.383. The highest BCUT2D eigenvalue weighted by Gasteiger charge is 2.18. The molecule has 0 saturated carbocycles. The van der Waals surface area contributed by atoms with Gasteiger partial charge in [0.25, 0.3) is 5.69 Å². The van der Waals surface area contributed by atoms with Gasteiger partial charge in [-0.3, -0.25) is 15.1 Å². The van der Waals surface area contributed by atoms with Crippen molar-refractivity contribution in [1.29, 1.82) is 0 Å². The van der Waals surface area contributed by atoms with Gasteiger partial charge >= 0.3 is 0 Å². The van der Waals surface area contributed by atoms with Crippen LogP contribution in [0.1, 0.15) is 18.5 Å². The van der Waals surface area contributed by atoms with E-state index in [0.717, 1.165) is 42.7 Å². The number of anilines is 1. The van der Waals surface area contributed by atoms with Crippen molar-refractivity contribution < 1.29 is 4.92 Å². The van der Waals surface area contributed by atoms with Gasteiger partial charge in [0, 0.05) is 41.6 Å². The number of fused-ring (bicyclic) bond motifs is 1. The summed E-state index contributed by atoms with van der Waals surface area (Å²) >= 11 is 0. The fourth-order valence-electron chi connectivity index (χ4n) is 2.81. The molecule has 2 heterocycles. The Labute approximate surface area is 122 Å². The summed E-state index contributed by atoms with van der Waals surface area (Å²) in [5, 5.41) is 19.5. The largest absolute Gasteiger partial charge is 0.381 e. The van der Waals surface area contributed by atoms with Gasteiger partial charge < -0.3 is 10.6 Å². The fourth-order valence-corrected chi connectivity index (χ4v) is 2.81. The molecule has 1 aliphatic heterocycles. The Morgan fingerprint density at radius 2 is 2.29 bits per heavy atom. The van der Waals surface area contributed by atoms with Crippen molar-refractivity contribution in [2.45, 2.75) is 25.8 Å². The van der Waals surface area contributed by atoms with E-state index in [0.29, 0.717) is 11.4 Å². The summed E-state index contributed by atoms with van der Waals surface area (Å²) in [4.78, 5) is 15.0. The van der Waals surface area contributed by atoms with E-state index in [4.69, 9.17) is 0 Å². The topological polar surface area (TPSA) is 80.1 Å². The van der Waals surface area contributed by atoms with Crippen molar-refractivity contribution in [2.75, 3.05) is 18.4 Å². The van der Waals surface area contributed by atoms with Crippen LogP contribution in [0.3, 0.4) is 0 Å². The number of hydrogen-bond donors (Lipinski definition) is 2. The summed E-state index contributed by atoms with van der Waals surface area (Å²) in [7, 11) is 0. The van der Waals surface area contributed by atoms with Gasteiger partial charge in [-0.05, 0) is 38.4 Å². The van der Waals surface area contributed by atoms with E-state index in [1.165, 1.54) is 0 Å². The maximum absolute atomic E-state index is 11.1. The van der Waals surface area contributed by atoms with Crippen molar-refractivity contribution in [3.05, 3.63) is 40.2 Å². The maximum atomic E-state index is 11.1. The predicted molar refractivity (Wildman–Crippen MR) is 82.6 cm³/mol. The van der Waals surface area contributed by atoms with Crippen LogP contribution in [-0.2, 0) is 0 Å². The number of nitrogens with one attached hydrogen (secondary N) is 2. The van der Waals surface area contributed by atoms with Crippen molar-refractivity contribution >= 4 is 22.1 Å². The van der Waals surface area contributed by atoms with Crippen LogP contribution in [0.15, 0.2) is 24.4 Å². The van der Waals surface area contributed by atoms with Crippen molar-refractivity contribution in [2.24, 2.45) is 0 Å². The number of piperidine rings is 1. The fraction of sp³-hybridized carbons (Fsp3) is 0.400. The second-order valence-electron chi connectivity index (χ2n) is 5.45. The number of nitrogens with zero attached hydrogens (tertiary/aromatic N) is 2. The van der Waals surface area contributed by atoms with Gasteiger partial charge in [-0.1, -0.05) is 0 Å². The van der Waals surface area contributed by atoms with Gasteiger partial charge in [0.2, 0.25) is 0 Å². The van der Waals surface area contributed by atoms with Crippen LogP contribution in [-0.4, -0.2) is 29.0 Å². The number of benzene rings is 1. The summed E-state index contributed by atoms with van der Waals surface area (Å²) in [6.07, 6.45) is 3.84. The highest BCUT2D eigenvalue weighted by Crippen LogP contribution is 2.32. The average Bonchev–Trinajstić information content (AvgIpc) is 2.48. The van der Waals surface area contributed by atoms with E-state index in [-0.39, 0.29) is 10.6 Å². The van der Waals surface area contributed by atoms with Crippen LogP contribution < -0.4 is 10.6 Å². The van der Waals surface area contributed by atoms with Crippen molar-refractivity contribution in [1.82, 2.24) is 10.3 Å². The van der Waals surface area contributed by atoms with E-state index in [1.807, 2.05) is 13.0 Å². The summed E-state index contributed by atoms with van der Waals surface area (Å²) < 4.78 is 0. The Bertz CT molecular complexity index is 681. The molecule has 1 aromatic heterocycles. The molecule has 3 rings (SSSR count). The normalized spacial score (nSPS) is 18.6. The van der Waals surface area contributed by atoms with Gasteiger partial charge in [0.1, 0.15) is 0 Å². The van der Waals surface area contributed by atoms with Gasteiger partial charge in [-0.25, -0.2) is 0 Å². The summed E-state index contributed by atoms with van der Waals surface area (Å²) in [5.41, 5.74) is 1.90. The van der Waals surface area contributed by atoms with E-state index >= 15 is 0 Å². The van der Waals surface area contributed by atoms with Crippen LogP contribution in [0.4, 0.5) is 11.4 Å². The number of nitro groups is 1. The molecule has 110 valence electrons. The zero-order chi connectivity index (χ0) is 14.8. The molecule has 1 atom stereocenters. The summed E-state index contributed by atoms with van der Waals surface area (Å²) in [6.45, 7) is 3.87. The lowest BCUT2D eigenvalue weighted by Gasteiger charge is -2.25. The van der Waals surface area contributed by atoms with E-state index in [2.05, 4.69) is 15.6 Å². The predicted octanol–water partition coefficient (Wildman–Crippen LogP) is 2.62. The molecule has 1 unspecified atom stereocenters. The van der Waals surface area contributed by atoms with Crippen LogP contribution in [0.5, 0.6) is 0 Å². The summed E-state index contributed by atoms with van der Waals surface area (Å²) in [6, 6.07) is 5.62. The molecule has 1 aromatic carbocycles. The quantitative estimate of drug-likeness (QED) is 0.669. The minimum absolute atomic E-state index is 0.102. The molecule has 1 saturated heterocycles. The lowest BCUT2D eigenvalue weighted by Crippen LogP contribution is -2.38. The van der Waals surface area contributed by atoms with Gasteiger partial charge in [-0.2, -0.15) is 0 Å². The van der Waals surface area contributed by atoms with Gasteiger partial charge in [0.05, 0.1) is 10.3 Å². The van der Waals surface area contributed by atoms with Crippen molar-refractivity contribution in [3.63, 3.8) is 0 Å². The molecule has 0 radical (unpaired) electrons. The Morgan fingerprint density at radius 3 is 3.00 bits per heavy atom. The number of aryl methyl sites for hydroxylation is 1. The number of hydrogen-bond acceptors (Lipinski definition) is 5. The van der Waals surface area contributed by atoms with Crippen LogP contribution >= 0.6 is 0 Å². The van der Waals surface area contributed by atoms with E-state index in [1.54, 1.807) is 18.3 Å². The number of rotatable bonds is 3. The number of aromatic nitrogens is 1. The monoisotopic (exact) mass is 286 g/mol. The molecular weight excluding hydrogens is 268 g/mol. The zero-order valence-electron chi connectivity index (χ0n) is 11.9. The molecule has 0 bridgehead atoms. The third-order valence-corrected chi connectivity index (χ3v) is 3.87. The molecular formula is C15H18N4O2. The number of non-ortho nitro benzene ring substituents is 1. The highest BCUT2D eigenvalue weighted by molar-refractivity contribution is 5.99. The minimum atomic E-state index is -0.356. The Morgan fingerprint density at radius 1 is 1.43 bits per heavy atom. The zero-order valence-corrected chi connectivity index (χ0v) is 11.9. The molecule has 0 aliphatic carbocycles. The standard InChI is InChI=1S/C15H18N4O2/c1-10-7-12-13(9-17-10)15(19(20)21)5-4-14(12)18-11-3-2-6-16-8-11/h4-5,7,9,11,16,18H,2-3,6,8H2,1H3. The van der Waals surface area contributed by atoms with E-state index in [9.17, 15) is 10.1 Å². The number of nitro benzene ring substituents is 1. The first kappa shape index (κ1) is 13.8. The first-order chi connectivity index (χ1) is 10.1. The van der Waals surface area contributed by atoms with Crippen molar-refractivity contribution in [3.8, 4) is 0 Å². The van der Waals surface area contributed by atoms with Crippen LogP contribution in [0, 0.1) is 17.0 Å². The second-order valence-corrected chi connectivity index (χ2v) is 5.45. The molecule has 2 aromatic rings. The van der Waals surface area contributed by atoms with Gasteiger partial charge in [-0.15, -0.1) is 0 Å². The molecule has 1 aliphatic rings. The highest BCUT2D eigenvalue weighted by atomic mass is 16.6. The molecule has 21 heavy (non-hydrogen) atoms. The Kier molecular flexibility index (Phi) is 3.70. The average molecular weight is 286 g/mol. The molecule has 0 amide bonds.